The lowest BCUT2D eigenvalue weighted by atomic mass is 9.79. The quantitative estimate of drug-likeness (QED) is 0.857. The van der Waals surface area contributed by atoms with E-state index in [0.717, 1.165) is 0 Å². The fourth-order valence-corrected chi connectivity index (χ4v) is 3.67. The van der Waals surface area contributed by atoms with Gasteiger partial charge in [-0.05, 0) is 36.4 Å². The normalized spacial score (nSPS) is 23.6. The Morgan fingerprint density at radius 2 is 2.22 bits per heavy atom. The summed E-state index contributed by atoms with van der Waals surface area (Å²) in [6, 6.07) is 1.04. The zero-order valence-electron chi connectivity index (χ0n) is 9.30. The average molecular weight is 294 g/mol. The molecule has 18 heavy (non-hydrogen) atoms. The number of carboxylic acid groups (broad SMARTS) is 1. The van der Waals surface area contributed by atoms with Gasteiger partial charge in [-0.1, -0.05) is 0 Å². The van der Waals surface area contributed by atoms with Crippen LogP contribution in [0.4, 0.5) is 0 Å². The van der Waals surface area contributed by atoms with Crippen molar-refractivity contribution >= 4 is 27.6 Å². The minimum atomic E-state index is -3.68. The first-order valence-electron chi connectivity index (χ1n) is 5.35. The fourth-order valence-electron chi connectivity index (χ4n) is 2.00. The van der Waals surface area contributed by atoms with Gasteiger partial charge in [0.05, 0.1) is 6.26 Å². The summed E-state index contributed by atoms with van der Waals surface area (Å²) in [4.78, 5) is 10.4. The molecule has 0 aromatic carbocycles. The first kappa shape index (κ1) is 13.4. The Bertz CT molecular complexity index is 546. The van der Waals surface area contributed by atoms with Gasteiger partial charge in [-0.3, -0.25) is 4.79 Å². The molecule has 1 fully saturated rings. The van der Waals surface area contributed by atoms with Gasteiger partial charge in [-0.25, -0.2) is 13.1 Å². The minimum Gasteiger partial charge on any atom is -0.481 e. The van der Waals surface area contributed by atoms with E-state index < -0.39 is 16.0 Å². The minimum absolute atomic E-state index is 0.0371. The molecule has 0 atom stereocenters. The third-order valence-corrected chi connectivity index (χ3v) is 4.84. The van der Waals surface area contributed by atoms with Crippen molar-refractivity contribution in [3.63, 3.8) is 0 Å². The average Bonchev–Trinajstić information content (AvgIpc) is 2.61. The maximum atomic E-state index is 11.9. The first-order valence-corrected chi connectivity index (χ1v) is 7.21. The van der Waals surface area contributed by atoms with Gasteiger partial charge in [0.1, 0.15) is 4.90 Å². The monoisotopic (exact) mass is 293 g/mol. The van der Waals surface area contributed by atoms with E-state index in [1.165, 1.54) is 12.3 Å². The number of hydrogen-bond acceptors (Lipinski definition) is 4. The Morgan fingerprint density at radius 3 is 2.72 bits per heavy atom. The van der Waals surface area contributed by atoms with E-state index in [1.54, 1.807) is 0 Å². The molecule has 1 aromatic heterocycles. The van der Waals surface area contributed by atoms with E-state index in [2.05, 4.69) is 4.72 Å². The van der Waals surface area contributed by atoms with Crippen molar-refractivity contribution in [2.24, 2.45) is 5.92 Å². The number of rotatable bonds is 5. The number of carboxylic acids is 1. The molecule has 0 radical (unpaired) electrons. The summed E-state index contributed by atoms with van der Waals surface area (Å²) in [6.45, 7) is 0. The Balaban J connectivity index is 1.92. The predicted molar refractivity (Wildman–Crippen MR) is 62.8 cm³/mol. The molecule has 2 N–H and O–H groups in total. The van der Waals surface area contributed by atoms with Gasteiger partial charge in [0, 0.05) is 12.5 Å². The number of hydrogen-bond donors (Lipinski definition) is 2. The highest BCUT2D eigenvalue weighted by Gasteiger charge is 2.34. The number of sulfonamides is 1. The zero-order chi connectivity index (χ0) is 13.3. The molecule has 1 aromatic rings. The molecule has 0 amide bonds. The highest BCUT2D eigenvalue weighted by Crippen LogP contribution is 2.32. The highest BCUT2D eigenvalue weighted by molar-refractivity contribution is 7.89. The fraction of sp³-hybridized carbons (Fsp3) is 0.500. The van der Waals surface area contributed by atoms with E-state index in [9.17, 15) is 13.2 Å². The van der Waals surface area contributed by atoms with Crippen LogP contribution in [-0.2, 0) is 14.8 Å². The molecule has 100 valence electrons. The van der Waals surface area contributed by atoms with Crippen LogP contribution in [0.2, 0.25) is 5.22 Å². The number of halogens is 1. The second-order valence-electron chi connectivity index (χ2n) is 4.31. The van der Waals surface area contributed by atoms with E-state index in [4.69, 9.17) is 21.1 Å². The molecule has 2 rings (SSSR count). The molecule has 0 bridgehead atoms. The van der Waals surface area contributed by atoms with Crippen molar-refractivity contribution in [3.05, 3.63) is 17.5 Å². The van der Waals surface area contributed by atoms with E-state index in [-0.39, 0.29) is 28.5 Å². The zero-order valence-corrected chi connectivity index (χ0v) is 10.9. The lowest BCUT2D eigenvalue weighted by Gasteiger charge is -2.34. The van der Waals surface area contributed by atoms with Crippen LogP contribution in [0.5, 0.6) is 0 Å². The summed E-state index contributed by atoms with van der Waals surface area (Å²) in [6.07, 6.45) is 2.33. The van der Waals surface area contributed by atoms with Crippen LogP contribution in [0.1, 0.15) is 19.3 Å². The smallest absolute Gasteiger partial charge is 0.303 e. The molecule has 0 aliphatic heterocycles. The summed E-state index contributed by atoms with van der Waals surface area (Å²) in [5.41, 5.74) is 0. The lowest BCUT2D eigenvalue weighted by Crippen LogP contribution is -2.44. The Kier molecular flexibility index (Phi) is 3.65. The number of carbonyl (C=O) groups is 1. The van der Waals surface area contributed by atoms with Crippen LogP contribution in [0, 0.1) is 5.92 Å². The summed E-state index contributed by atoms with van der Waals surface area (Å²) in [5, 5.41) is 8.41. The second kappa shape index (κ2) is 4.91. The molecular formula is C10H12ClNO5S. The molecule has 1 aliphatic carbocycles. The van der Waals surface area contributed by atoms with Crippen molar-refractivity contribution in [2.75, 3.05) is 0 Å². The van der Waals surface area contributed by atoms with Crippen LogP contribution in [0.3, 0.4) is 0 Å². The van der Waals surface area contributed by atoms with Crippen LogP contribution in [0.15, 0.2) is 21.6 Å². The molecular weight excluding hydrogens is 282 g/mol. The second-order valence-corrected chi connectivity index (χ2v) is 6.34. The van der Waals surface area contributed by atoms with Crippen molar-refractivity contribution in [1.29, 1.82) is 0 Å². The largest absolute Gasteiger partial charge is 0.481 e. The summed E-state index contributed by atoms with van der Waals surface area (Å²) >= 11 is 5.60. The van der Waals surface area contributed by atoms with Gasteiger partial charge in [0.25, 0.3) is 0 Å². The number of aliphatic carboxylic acids is 1. The molecule has 6 nitrogen and oxygen atoms in total. The molecule has 1 heterocycles. The number of furan rings is 1. The molecule has 8 heteroatoms. The van der Waals surface area contributed by atoms with Crippen molar-refractivity contribution < 1.29 is 22.7 Å². The van der Waals surface area contributed by atoms with Gasteiger partial charge in [0.15, 0.2) is 0 Å². The number of nitrogens with one attached hydrogen (secondary N) is 1. The third kappa shape index (κ3) is 2.85. The van der Waals surface area contributed by atoms with Gasteiger partial charge in [-0.2, -0.15) is 0 Å². The van der Waals surface area contributed by atoms with E-state index >= 15 is 0 Å². The molecule has 1 aliphatic rings. The summed E-state index contributed by atoms with van der Waals surface area (Å²) in [7, 11) is -3.68. The SMILES string of the molecule is O=C(O)CC1CC(NS(=O)(=O)c2ccoc2Cl)C1. The van der Waals surface area contributed by atoms with Gasteiger partial charge in [0.2, 0.25) is 15.2 Å². The van der Waals surface area contributed by atoms with Gasteiger partial charge < -0.3 is 9.52 Å². The maximum absolute atomic E-state index is 11.9. The van der Waals surface area contributed by atoms with Crippen molar-refractivity contribution in [1.82, 2.24) is 4.72 Å². The molecule has 0 spiro atoms. The Hall–Kier alpha value is -1.05. The van der Waals surface area contributed by atoms with Crippen LogP contribution < -0.4 is 4.72 Å². The Morgan fingerprint density at radius 1 is 1.56 bits per heavy atom. The van der Waals surface area contributed by atoms with Crippen LogP contribution in [-0.4, -0.2) is 25.5 Å². The van der Waals surface area contributed by atoms with Crippen molar-refractivity contribution in [3.8, 4) is 0 Å². The topological polar surface area (TPSA) is 96.6 Å². The van der Waals surface area contributed by atoms with Crippen molar-refractivity contribution in [2.45, 2.75) is 30.2 Å². The molecule has 0 unspecified atom stereocenters. The predicted octanol–water partition coefficient (Wildman–Crippen LogP) is 1.46. The first-order chi connectivity index (χ1) is 8.38. The van der Waals surface area contributed by atoms with E-state index in [0.29, 0.717) is 12.8 Å². The van der Waals surface area contributed by atoms with Gasteiger partial charge in [-0.15, -0.1) is 0 Å². The third-order valence-electron chi connectivity index (χ3n) is 2.89. The molecule has 1 saturated carbocycles. The summed E-state index contributed by atoms with van der Waals surface area (Å²) < 4.78 is 30.9. The summed E-state index contributed by atoms with van der Waals surface area (Å²) in [5.74, 6) is -0.825. The Labute approximate surface area is 109 Å². The lowest BCUT2D eigenvalue weighted by molar-refractivity contribution is -0.138. The van der Waals surface area contributed by atoms with Crippen LogP contribution >= 0.6 is 11.6 Å². The highest BCUT2D eigenvalue weighted by atomic mass is 35.5. The maximum Gasteiger partial charge on any atom is 0.303 e. The standard InChI is InChI=1S/C10H12ClNO5S/c11-10-8(1-2-17-10)18(15,16)12-7-3-6(4-7)5-9(13)14/h1-2,6-7,12H,3-5H2,(H,13,14). The van der Waals surface area contributed by atoms with E-state index in [1.807, 2.05) is 0 Å². The van der Waals surface area contributed by atoms with Crippen LogP contribution in [0.25, 0.3) is 0 Å². The molecule has 0 saturated heterocycles. The van der Waals surface area contributed by atoms with Gasteiger partial charge >= 0.3 is 5.97 Å².